The van der Waals surface area contributed by atoms with E-state index in [1.807, 2.05) is 19.1 Å². The molecule has 3 aromatic rings. The monoisotopic (exact) mass is 445 g/mol. The van der Waals surface area contributed by atoms with Crippen LogP contribution in [0.2, 0.25) is 5.02 Å². The van der Waals surface area contributed by atoms with Crippen LogP contribution in [0.25, 0.3) is 0 Å². The number of hydrogen-bond donors (Lipinski definition) is 2. The molecule has 0 saturated heterocycles. The molecule has 0 aliphatic carbocycles. The summed E-state index contributed by atoms with van der Waals surface area (Å²) in [5.41, 5.74) is 7.00. The van der Waals surface area contributed by atoms with E-state index < -0.39 is 22.6 Å². The van der Waals surface area contributed by atoms with E-state index in [2.05, 4.69) is 15.5 Å². The highest BCUT2D eigenvalue weighted by atomic mass is 35.5. The Balaban J connectivity index is 1.67. The fourth-order valence-corrected chi connectivity index (χ4v) is 4.00. The first-order chi connectivity index (χ1) is 14.4. The Hall–Kier alpha value is -3.04. The van der Waals surface area contributed by atoms with Crippen molar-refractivity contribution >= 4 is 39.9 Å². The molecule has 0 unspecified atom stereocenters. The maximum absolute atomic E-state index is 12.7. The van der Waals surface area contributed by atoms with Crippen molar-refractivity contribution in [2.75, 3.05) is 11.1 Å². The average molecular weight is 446 g/mol. The van der Waals surface area contributed by atoms with E-state index in [-0.39, 0.29) is 10.9 Å². The highest BCUT2D eigenvalue weighted by Gasteiger charge is 2.19. The molecule has 0 aliphatic heterocycles. The van der Waals surface area contributed by atoms with Gasteiger partial charge in [0.25, 0.3) is 0 Å². The molecular weight excluding hydrogens is 426 g/mol. The first-order valence-corrected chi connectivity index (χ1v) is 10.8. The van der Waals surface area contributed by atoms with Crippen molar-refractivity contribution in [3.05, 3.63) is 70.5 Å². The molecule has 0 bridgehead atoms. The largest absolute Gasteiger partial charge is 0.366 e. The second-order valence-corrected chi connectivity index (χ2v) is 8.21. The third-order valence-corrected chi connectivity index (χ3v) is 5.79. The number of halogens is 1. The molecule has 2 aromatic carbocycles. The van der Waals surface area contributed by atoms with Crippen LogP contribution in [0.1, 0.15) is 28.7 Å². The van der Waals surface area contributed by atoms with E-state index in [1.54, 1.807) is 28.8 Å². The fraction of sp³-hybridized carbons (Fsp3) is 0.200. The molecule has 30 heavy (non-hydrogen) atoms. The average Bonchev–Trinajstić information content (AvgIpc) is 3.12. The lowest BCUT2D eigenvalue weighted by atomic mass is 10.1. The molecule has 1 aromatic heterocycles. The molecule has 3 N–H and O–H groups in total. The molecule has 1 atom stereocenters. The van der Waals surface area contributed by atoms with Crippen LogP contribution < -0.4 is 11.1 Å². The summed E-state index contributed by atoms with van der Waals surface area (Å²) in [6.45, 7) is 2.42. The minimum Gasteiger partial charge on any atom is -0.366 e. The van der Waals surface area contributed by atoms with Gasteiger partial charge >= 0.3 is 0 Å². The minimum absolute atomic E-state index is 0.251. The summed E-state index contributed by atoms with van der Waals surface area (Å²) in [5.74, 6) is -0.602. The molecule has 156 valence electrons. The molecule has 3 rings (SSSR count). The standard InChI is InChI=1S/C20H20ClN5O3S/c1-2-26-17(11-13-3-7-15(21)8-4-13)24-25-20(26)30(29)12-18(27)23-16-9-5-14(6-10-16)19(22)28/h3-10H,2,11-12H2,1H3,(H2,22,28)(H,23,27)/t30-/m0/s1. The maximum atomic E-state index is 12.7. The van der Waals surface area contributed by atoms with Gasteiger partial charge in [-0.3, -0.25) is 13.8 Å². The fourth-order valence-electron chi connectivity index (χ4n) is 2.82. The number of carbonyl (C=O) groups is 2. The first kappa shape index (κ1) is 21.7. The van der Waals surface area contributed by atoms with Crippen LogP contribution in [-0.2, 0) is 28.6 Å². The molecule has 0 saturated carbocycles. The van der Waals surface area contributed by atoms with Crippen molar-refractivity contribution in [2.45, 2.75) is 25.0 Å². The summed E-state index contributed by atoms with van der Waals surface area (Å²) < 4.78 is 14.5. The number of nitrogens with two attached hydrogens (primary N) is 1. The zero-order valence-electron chi connectivity index (χ0n) is 16.2. The Morgan fingerprint density at radius 3 is 2.37 bits per heavy atom. The third kappa shape index (κ3) is 5.31. The van der Waals surface area contributed by atoms with Gasteiger partial charge in [-0.25, -0.2) is 0 Å². The third-order valence-electron chi connectivity index (χ3n) is 4.30. The topological polar surface area (TPSA) is 120 Å². The molecule has 8 nitrogen and oxygen atoms in total. The summed E-state index contributed by atoms with van der Waals surface area (Å²) in [7, 11) is -1.67. The number of amides is 2. The predicted octanol–water partition coefficient (Wildman–Crippen LogP) is 2.39. The van der Waals surface area contributed by atoms with Crippen LogP contribution in [0.3, 0.4) is 0 Å². The van der Waals surface area contributed by atoms with Gasteiger partial charge in [0.15, 0.2) is 0 Å². The van der Waals surface area contributed by atoms with E-state index in [0.29, 0.717) is 35.1 Å². The van der Waals surface area contributed by atoms with Crippen molar-refractivity contribution in [3.8, 4) is 0 Å². The Morgan fingerprint density at radius 2 is 1.77 bits per heavy atom. The smallest absolute Gasteiger partial charge is 0.248 e. The summed E-state index contributed by atoms with van der Waals surface area (Å²) in [6.07, 6.45) is 0.508. The van der Waals surface area contributed by atoms with Gasteiger partial charge in [-0.1, -0.05) is 23.7 Å². The zero-order valence-corrected chi connectivity index (χ0v) is 17.7. The normalized spacial score (nSPS) is 11.8. The number of benzene rings is 2. The van der Waals surface area contributed by atoms with Crippen LogP contribution in [0.5, 0.6) is 0 Å². The number of nitrogens with one attached hydrogen (secondary N) is 1. The van der Waals surface area contributed by atoms with Crippen molar-refractivity contribution in [1.29, 1.82) is 0 Å². The number of carbonyl (C=O) groups excluding carboxylic acids is 2. The van der Waals surface area contributed by atoms with E-state index in [0.717, 1.165) is 5.56 Å². The van der Waals surface area contributed by atoms with Crippen molar-refractivity contribution in [3.63, 3.8) is 0 Å². The quantitative estimate of drug-likeness (QED) is 0.551. The van der Waals surface area contributed by atoms with Crippen LogP contribution in [0.15, 0.2) is 53.7 Å². The van der Waals surface area contributed by atoms with Gasteiger partial charge < -0.3 is 15.6 Å². The van der Waals surface area contributed by atoms with Gasteiger partial charge in [-0.2, -0.15) is 0 Å². The number of primary amides is 1. The van der Waals surface area contributed by atoms with Gasteiger partial charge in [0.2, 0.25) is 17.0 Å². The van der Waals surface area contributed by atoms with Crippen molar-refractivity contribution < 1.29 is 13.8 Å². The second kappa shape index (κ2) is 9.64. The van der Waals surface area contributed by atoms with Crippen LogP contribution >= 0.6 is 11.6 Å². The van der Waals surface area contributed by atoms with E-state index in [1.165, 1.54) is 12.1 Å². The number of aromatic nitrogens is 3. The molecule has 1 heterocycles. The second-order valence-electron chi connectivity index (χ2n) is 6.43. The van der Waals surface area contributed by atoms with E-state index in [4.69, 9.17) is 17.3 Å². The highest BCUT2D eigenvalue weighted by Crippen LogP contribution is 2.15. The lowest BCUT2D eigenvalue weighted by molar-refractivity contribution is -0.113. The lowest BCUT2D eigenvalue weighted by Gasteiger charge is -2.08. The molecule has 10 heteroatoms. The number of rotatable bonds is 8. The Bertz CT molecular complexity index is 1080. The van der Waals surface area contributed by atoms with Crippen LogP contribution in [0, 0.1) is 0 Å². The van der Waals surface area contributed by atoms with Gasteiger partial charge in [-0.05, 0) is 48.9 Å². The molecule has 0 spiro atoms. The highest BCUT2D eigenvalue weighted by molar-refractivity contribution is 7.85. The van der Waals surface area contributed by atoms with Gasteiger partial charge in [-0.15, -0.1) is 10.2 Å². The van der Waals surface area contributed by atoms with Gasteiger partial charge in [0.1, 0.15) is 22.4 Å². The minimum atomic E-state index is -1.67. The Kier molecular flexibility index (Phi) is 6.96. The Morgan fingerprint density at radius 1 is 1.10 bits per heavy atom. The zero-order chi connectivity index (χ0) is 21.7. The molecule has 2 amide bonds. The number of hydrogen-bond acceptors (Lipinski definition) is 5. The van der Waals surface area contributed by atoms with Crippen LogP contribution in [0.4, 0.5) is 5.69 Å². The van der Waals surface area contributed by atoms with Crippen LogP contribution in [-0.4, -0.2) is 36.5 Å². The van der Waals surface area contributed by atoms with E-state index >= 15 is 0 Å². The first-order valence-electron chi connectivity index (χ1n) is 9.12. The maximum Gasteiger partial charge on any atom is 0.248 e. The number of nitrogens with zero attached hydrogens (tertiary/aromatic N) is 3. The molecule has 0 radical (unpaired) electrons. The summed E-state index contributed by atoms with van der Waals surface area (Å²) in [6, 6.07) is 13.5. The summed E-state index contributed by atoms with van der Waals surface area (Å²) in [4.78, 5) is 23.4. The SMILES string of the molecule is CCn1c(Cc2ccc(Cl)cc2)nnc1[S@@](=O)CC(=O)Nc1ccc(C(N)=O)cc1. The lowest BCUT2D eigenvalue weighted by Crippen LogP contribution is -2.21. The van der Waals surface area contributed by atoms with E-state index in [9.17, 15) is 13.8 Å². The van der Waals surface area contributed by atoms with Gasteiger partial charge in [0, 0.05) is 29.2 Å². The number of anilines is 1. The summed E-state index contributed by atoms with van der Waals surface area (Å²) >= 11 is 5.92. The van der Waals surface area contributed by atoms with Crippen molar-refractivity contribution in [2.24, 2.45) is 5.73 Å². The molecular formula is C20H20ClN5O3S. The molecule has 0 aliphatic rings. The van der Waals surface area contributed by atoms with Crippen molar-refractivity contribution in [1.82, 2.24) is 14.8 Å². The summed E-state index contributed by atoms with van der Waals surface area (Å²) in [5, 5.41) is 11.7. The Labute approximate surface area is 180 Å². The molecule has 0 fully saturated rings. The predicted molar refractivity (Wildman–Crippen MR) is 115 cm³/mol. The van der Waals surface area contributed by atoms with Gasteiger partial charge in [0.05, 0.1) is 0 Å².